The van der Waals surface area contributed by atoms with Crippen LogP contribution in [0.25, 0.3) is 11.0 Å². The Kier molecular flexibility index (Phi) is 7.84. The van der Waals surface area contributed by atoms with Crippen molar-refractivity contribution < 1.29 is 18.3 Å². The minimum absolute atomic E-state index is 0. The molecule has 3 aromatic heterocycles. The van der Waals surface area contributed by atoms with Gasteiger partial charge in [-0.3, -0.25) is 4.79 Å². The summed E-state index contributed by atoms with van der Waals surface area (Å²) in [5.74, 6) is -0.832. The molecule has 4 aromatic rings. The topological polar surface area (TPSA) is 122 Å². The summed E-state index contributed by atoms with van der Waals surface area (Å²) in [4.78, 5) is 18.8. The number of hydrogen-bond acceptors (Lipinski definition) is 7. The summed E-state index contributed by atoms with van der Waals surface area (Å²) in [5, 5.41) is 19.2. The quantitative estimate of drug-likeness (QED) is 0.357. The van der Waals surface area contributed by atoms with Crippen molar-refractivity contribution in [3.05, 3.63) is 76.7 Å². The largest absolute Gasteiger partial charge is 0.481 e. The van der Waals surface area contributed by atoms with Crippen LogP contribution in [0.3, 0.4) is 0 Å². The molecular weight excluding hydrogens is 560 g/mol. The Morgan fingerprint density at radius 1 is 1.15 bits per heavy atom. The molecule has 0 amide bonds. The van der Waals surface area contributed by atoms with Gasteiger partial charge in [0.05, 0.1) is 12.1 Å². The standard InChI is InChI=1S/C29H32N6O4S.H2S/c1-18-8-9-20(24(15-27(36)37)25-14-21-12-19(2)31-32-28(21)33(25)3)13-22(18)16-34-17-23-6-5-11-35(23)29-26(40(34,38)39)7-4-10-30-29;/h4,7-10,12-14,23-24H,5-6,11,15-17H2,1-3H3,(H,36,37);1H2/t23-,24+;/m0./s1. The van der Waals surface area contributed by atoms with Gasteiger partial charge in [0.25, 0.3) is 0 Å². The first kappa shape index (κ1) is 29.0. The number of benzene rings is 1. The van der Waals surface area contributed by atoms with E-state index in [0.717, 1.165) is 52.9 Å². The molecule has 12 heteroatoms. The van der Waals surface area contributed by atoms with Crippen molar-refractivity contribution in [1.82, 2.24) is 24.1 Å². The molecule has 1 aromatic carbocycles. The van der Waals surface area contributed by atoms with Crippen LogP contribution >= 0.6 is 13.5 Å². The van der Waals surface area contributed by atoms with Gasteiger partial charge in [-0.15, -0.1) is 5.10 Å². The van der Waals surface area contributed by atoms with Crippen LogP contribution in [0.2, 0.25) is 0 Å². The van der Waals surface area contributed by atoms with E-state index in [9.17, 15) is 18.3 Å². The van der Waals surface area contributed by atoms with Gasteiger partial charge in [0, 0.05) is 55.9 Å². The monoisotopic (exact) mass is 594 g/mol. The molecule has 10 nitrogen and oxygen atoms in total. The van der Waals surface area contributed by atoms with E-state index in [1.54, 1.807) is 22.6 Å². The number of nitrogens with zero attached hydrogens (tertiary/aromatic N) is 6. The molecular formula is C29H34N6O4S2. The minimum Gasteiger partial charge on any atom is -0.481 e. The fourth-order valence-electron chi connectivity index (χ4n) is 6.14. The Morgan fingerprint density at radius 3 is 2.73 bits per heavy atom. The molecule has 1 fully saturated rings. The zero-order valence-corrected chi connectivity index (χ0v) is 25.1. The molecule has 0 saturated carbocycles. The zero-order chi connectivity index (χ0) is 28.2. The number of carboxylic acid groups (broad SMARTS) is 1. The molecule has 5 heterocycles. The molecule has 216 valence electrons. The van der Waals surface area contributed by atoms with Crippen molar-refractivity contribution in [3.63, 3.8) is 0 Å². The van der Waals surface area contributed by atoms with Crippen LogP contribution in [0.4, 0.5) is 5.82 Å². The van der Waals surface area contributed by atoms with Gasteiger partial charge in [0.2, 0.25) is 10.0 Å². The van der Waals surface area contributed by atoms with Crippen molar-refractivity contribution >= 4 is 46.3 Å². The third kappa shape index (κ3) is 5.20. The van der Waals surface area contributed by atoms with Crippen LogP contribution in [0.15, 0.2) is 53.6 Å². The lowest BCUT2D eigenvalue weighted by Gasteiger charge is -2.26. The van der Waals surface area contributed by atoms with Crippen molar-refractivity contribution in [2.75, 3.05) is 18.0 Å². The zero-order valence-electron chi connectivity index (χ0n) is 23.3. The van der Waals surface area contributed by atoms with Crippen LogP contribution in [0, 0.1) is 13.8 Å². The third-order valence-corrected chi connectivity index (χ3v) is 10.1. The van der Waals surface area contributed by atoms with Crippen molar-refractivity contribution in [2.45, 2.75) is 56.5 Å². The molecule has 41 heavy (non-hydrogen) atoms. The average Bonchev–Trinajstić information content (AvgIpc) is 3.49. The Labute approximate surface area is 246 Å². The molecule has 1 saturated heterocycles. The number of hydrogen-bond donors (Lipinski definition) is 1. The second-order valence-electron chi connectivity index (χ2n) is 10.8. The number of aromatic nitrogens is 4. The SMILES string of the molecule is Cc1cc2cc([C@H](CC(=O)O)c3ccc(C)c(CN4C[C@@H]5CCCN5c5ncccc5S4(=O)=O)c3)n(C)c2nn1.S. The highest BCUT2D eigenvalue weighted by Gasteiger charge is 2.40. The van der Waals surface area contributed by atoms with E-state index in [-0.39, 0.29) is 37.4 Å². The Hall–Kier alpha value is -3.48. The summed E-state index contributed by atoms with van der Waals surface area (Å²) in [5.41, 5.74) is 4.90. The Morgan fingerprint density at radius 2 is 1.95 bits per heavy atom. The molecule has 6 rings (SSSR count). The lowest BCUT2D eigenvalue weighted by atomic mass is 9.89. The number of aliphatic carboxylic acids is 1. The summed E-state index contributed by atoms with van der Waals surface area (Å²) in [6, 6.07) is 13.1. The van der Waals surface area contributed by atoms with Gasteiger partial charge in [-0.2, -0.15) is 22.9 Å². The molecule has 1 N–H and O–H groups in total. The first-order valence-electron chi connectivity index (χ1n) is 13.5. The van der Waals surface area contributed by atoms with Crippen molar-refractivity contribution in [1.29, 1.82) is 0 Å². The summed E-state index contributed by atoms with van der Waals surface area (Å²) in [6.45, 7) is 5.19. The van der Waals surface area contributed by atoms with Gasteiger partial charge in [-0.05, 0) is 67.6 Å². The van der Waals surface area contributed by atoms with Gasteiger partial charge in [0.1, 0.15) is 10.7 Å². The molecule has 2 aliphatic heterocycles. The van der Waals surface area contributed by atoms with Gasteiger partial charge in [-0.1, -0.05) is 18.2 Å². The van der Waals surface area contributed by atoms with Gasteiger partial charge in [0.15, 0.2) is 5.65 Å². The van der Waals surface area contributed by atoms with Crippen LogP contribution in [-0.2, 0) is 28.4 Å². The van der Waals surface area contributed by atoms with Gasteiger partial charge in [-0.25, -0.2) is 13.4 Å². The van der Waals surface area contributed by atoms with E-state index in [4.69, 9.17) is 0 Å². The average molecular weight is 595 g/mol. The van der Waals surface area contributed by atoms with E-state index in [0.29, 0.717) is 18.0 Å². The maximum absolute atomic E-state index is 13.9. The van der Waals surface area contributed by atoms with Crippen LogP contribution in [0.1, 0.15) is 53.3 Å². The van der Waals surface area contributed by atoms with Crippen LogP contribution < -0.4 is 4.90 Å². The number of sulfonamides is 1. The summed E-state index contributed by atoms with van der Waals surface area (Å²) < 4.78 is 31.2. The van der Waals surface area contributed by atoms with E-state index < -0.39 is 21.9 Å². The Bertz CT molecular complexity index is 1740. The molecule has 2 atom stereocenters. The van der Waals surface area contributed by atoms with E-state index in [2.05, 4.69) is 20.1 Å². The van der Waals surface area contributed by atoms with Crippen molar-refractivity contribution in [2.24, 2.45) is 7.05 Å². The predicted octanol–water partition coefficient (Wildman–Crippen LogP) is 3.87. The molecule has 0 bridgehead atoms. The highest BCUT2D eigenvalue weighted by atomic mass is 32.2. The Balaban J connectivity index is 0.00000337. The number of rotatable bonds is 6. The number of carboxylic acids is 1. The van der Waals surface area contributed by atoms with Gasteiger partial charge < -0.3 is 14.6 Å². The highest BCUT2D eigenvalue weighted by Crippen LogP contribution is 2.37. The van der Waals surface area contributed by atoms with Crippen LogP contribution in [-0.4, -0.2) is 62.7 Å². The predicted molar refractivity (Wildman–Crippen MR) is 161 cm³/mol. The summed E-state index contributed by atoms with van der Waals surface area (Å²) >= 11 is 0. The normalized spacial score (nSPS) is 18.8. The third-order valence-electron chi connectivity index (χ3n) is 8.22. The smallest absolute Gasteiger partial charge is 0.304 e. The number of fused-ring (bicyclic) bond motifs is 4. The van der Waals surface area contributed by atoms with E-state index in [1.165, 1.54) is 0 Å². The first-order chi connectivity index (χ1) is 19.1. The van der Waals surface area contributed by atoms with E-state index >= 15 is 0 Å². The molecule has 0 unspecified atom stereocenters. The number of pyridine rings is 1. The second-order valence-corrected chi connectivity index (χ2v) is 12.7. The lowest BCUT2D eigenvalue weighted by Crippen LogP contribution is -2.39. The highest BCUT2D eigenvalue weighted by molar-refractivity contribution is 7.89. The molecule has 2 aliphatic rings. The molecule has 0 spiro atoms. The first-order valence-corrected chi connectivity index (χ1v) is 14.9. The lowest BCUT2D eigenvalue weighted by molar-refractivity contribution is -0.137. The van der Waals surface area contributed by atoms with Gasteiger partial charge >= 0.3 is 5.97 Å². The fraction of sp³-hybridized carbons (Fsp3) is 0.379. The maximum Gasteiger partial charge on any atom is 0.304 e. The second kappa shape index (κ2) is 11.1. The summed E-state index contributed by atoms with van der Waals surface area (Å²) in [6.07, 6.45) is 3.44. The maximum atomic E-state index is 13.9. The number of anilines is 1. The molecule has 0 aliphatic carbocycles. The minimum atomic E-state index is -3.79. The number of carbonyl (C=O) groups is 1. The van der Waals surface area contributed by atoms with Crippen molar-refractivity contribution in [3.8, 4) is 0 Å². The number of aryl methyl sites for hydroxylation is 3. The molecule has 0 radical (unpaired) electrons. The fourth-order valence-corrected chi connectivity index (χ4v) is 7.75. The summed E-state index contributed by atoms with van der Waals surface area (Å²) in [7, 11) is -1.92. The van der Waals surface area contributed by atoms with Crippen LogP contribution in [0.5, 0.6) is 0 Å². The van der Waals surface area contributed by atoms with E-state index in [1.807, 2.05) is 55.8 Å².